The summed E-state index contributed by atoms with van der Waals surface area (Å²) in [6.07, 6.45) is 0.150. The van der Waals surface area contributed by atoms with Crippen molar-refractivity contribution < 1.29 is 14.4 Å². The summed E-state index contributed by atoms with van der Waals surface area (Å²) in [4.78, 5) is 37.9. The molecule has 3 N–H and O–H groups in total. The zero-order chi connectivity index (χ0) is 22.1. The number of hydrogen-bond acceptors (Lipinski definition) is 3. The maximum Gasteiger partial charge on any atom is 0.317 e. The monoisotopic (exact) mass is 410 g/mol. The zero-order valence-electron chi connectivity index (χ0n) is 18.0. The van der Waals surface area contributed by atoms with E-state index in [9.17, 15) is 14.4 Å². The molecule has 0 unspecified atom stereocenters. The summed E-state index contributed by atoms with van der Waals surface area (Å²) in [5.41, 5.74) is 1.84. The molecule has 0 heterocycles. The molecule has 0 aliphatic heterocycles. The predicted octanol–water partition coefficient (Wildman–Crippen LogP) is 3.39. The van der Waals surface area contributed by atoms with Crippen molar-refractivity contribution in [1.82, 2.24) is 15.5 Å². The second kappa shape index (κ2) is 10.4. The van der Waals surface area contributed by atoms with Gasteiger partial charge in [-0.1, -0.05) is 30.3 Å². The molecule has 160 valence electrons. The molecule has 0 radical (unpaired) electrons. The molecule has 4 amide bonds. The second-order valence-electron chi connectivity index (χ2n) is 8.15. The summed E-state index contributed by atoms with van der Waals surface area (Å²) >= 11 is 0. The molecule has 0 bridgehead atoms. The highest BCUT2D eigenvalue weighted by Crippen LogP contribution is 2.11. The van der Waals surface area contributed by atoms with Crippen molar-refractivity contribution in [3.63, 3.8) is 0 Å². The van der Waals surface area contributed by atoms with E-state index in [2.05, 4.69) is 16.0 Å². The zero-order valence-corrected chi connectivity index (χ0v) is 18.0. The van der Waals surface area contributed by atoms with Gasteiger partial charge >= 0.3 is 6.03 Å². The third-order valence-corrected chi connectivity index (χ3v) is 4.16. The average molecular weight is 411 g/mol. The molecular formula is C23H30N4O3. The minimum Gasteiger partial charge on any atom is -0.347 e. The number of carbonyl (C=O) groups excluding carboxylic acids is 3. The van der Waals surface area contributed by atoms with Crippen LogP contribution in [0.3, 0.4) is 0 Å². The molecule has 0 aromatic heterocycles. The van der Waals surface area contributed by atoms with Gasteiger partial charge in [0, 0.05) is 43.3 Å². The van der Waals surface area contributed by atoms with Gasteiger partial charge in [0.2, 0.25) is 5.91 Å². The highest BCUT2D eigenvalue weighted by atomic mass is 16.2. The lowest BCUT2D eigenvalue weighted by molar-refractivity contribution is -0.116. The van der Waals surface area contributed by atoms with Gasteiger partial charge in [0.25, 0.3) is 5.91 Å². The van der Waals surface area contributed by atoms with E-state index in [0.717, 1.165) is 5.56 Å². The molecule has 0 fully saturated rings. The highest BCUT2D eigenvalue weighted by molar-refractivity contribution is 5.96. The Bertz CT molecular complexity index is 858. The molecule has 2 rings (SSSR count). The van der Waals surface area contributed by atoms with Gasteiger partial charge in [0.1, 0.15) is 0 Å². The minimum absolute atomic E-state index is 0.150. The van der Waals surface area contributed by atoms with Gasteiger partial charge in [0.15, 0.2) is 0 Å². The van der Waals surface area contributed by atoms with E-state index in [-0.39, 0.29) is 36.3 Å². The molecule has 7 heteroatoms. The first kappa shape index (κ1) is 22.9. The fourth-order valence-corrected chi connectivity index (χ4v) is 2.69. The Morgan fingerprint density at radius 1 is 0.933 bits per heavy atom. The van der Waals surface area contributed by atoms with Crippen molar-refractivity contribution in [3.8, 4) is 0 Å². The Balaban J connectivity index is 1.74. The Kier molecular flexibility index (Phi) is 7.98. The van der Waals surface area contributed by atoms with E-state index in [1.165, 1.54) is 0 Å². The van der Waals surface area contributed by atoms with E-state index < -0.39 is 0 Å². The third kappa shape index (κ3) is 7.95. The Morgan fingerprint density at radius 2 is 1.57 bits per heavy atom. The number of benzene rings is 2. The van der Waals surface area contributed by atoms with Crippen LogP contribution in [0.1, 0.15) is 43.1 Å². The van der Waals surface area contributed by atoms with Crippen molar-refractivity contribution >= 4 is 23.5 Å². The van der Waals surface area contributed by atoms with E-state index in [1.807, 2.05) is 51.1 Å². The number of amides is 4. The van der Waals surface area contributed by atoms with Crippen LogP contribution in [0, 0.1) is 0 Å². The highest BCUT2D eigenvalue weighted by Gasteiger charge is 2.15. The first-order chi connectivity index (χ1) is 14.1. The third-order valence-electron chi connectivity index (χ3n) is 4.16. The maximum absolute atomic E-state index is 12.1. The molecule has 0 saturated carbocycles. The lowest BCUT2D eigenvalue weighted by atomic mass is 10.1. The molecule has 0 spiro atoms. The SMILES string of the molecule is CN(Cc1ccccc1)C(=O)NCCC(=O)Nc1ccc(C(=O)NC(C)(C)C)cc1. The summed E-state index contributed by atoms with van der Waals surface area (Å²) in [5, 5.41) is 8.39. The first-order valence-corrected chi connectivity index (χ1v) is 9.89. The fraction of sp³-hybridized carbons (Fsp3) is 0.348. The first-order valence-electron chi connectivity index (χ1n) is 9.89. The summed E-state index contributed by atoms with van der Waals surface area (Å²) in [5.74, 6) is -0.379. The Hall–Kier alpha value is -3.35. The molecule has 0 saturated heterocycles. The van der Waals surface area contributed by atoms with Gasteiger partial charge in [-0.2, -0.15) is 0 Å². The molecule has 7 nitrogen and oxygen atoms in total. The predicted molar refractivity (Wildman–Crippen MR) is 118 cm³/mol. The fourth-order valence-electron chi connectivity index (χ4n) is 2.69. The van der Waals surface area contributed by atoms with Crippen LogP contribution in [0.2, 0.25) is 0 Å². The van der Waals surface area contributed by atoms with Gasteiger partial charge < -0.3 is 20.9 Å². The van der Waals surface area contributed by atoms with Crippen LogP contribution in [0.15, 0.2) is 54.6 Å². The van der Waals surface area contributed by atoms with Gasteiger partial charge in [-0.05, 0) is 50.6 Å². The maximum atomic E-state index is 12.1. The van der Waals surface area contributed by atoms with Crippen LogP contribution in [-0.4, -0.2) is 41.9 Å². The Morgan fingerprint density at radius 3 is 2.17 bits per heavy atom. The molecule has 0 aliphatic rings. The minimum atomic E-state index is -0.316. The van der Waals surface area contributed by atoms with Crippen LogP contribution in [-0.2, 0) is 11.3 Å². The molecule has 0 aliphatic carbocycles. The molecule has 30 heavy (non-hydrogen) atoms. The number of nitrogens with zero attached hydrogens (tertiary/aromatic N) is 1. The van der Waals surface area contributed by atoms with Crippen molar-refractivity contribution in [2.24, 2.45) is 0 Å². The average Bonchev–Trinajstić information content (AvgIpc) is 2.67. The van der Waals surface area contributed by atoms with Gasteiger partial charge in [-0.15, -0.1) is 0 Å². The summed E-state index contributed by atoms with van der Waals surface area (Å²) < 4.78 is 0. The number of carbonyl (C=O) groups is 3. The second-order valence-corrected chi connectivity index (χ2v) is 8.15. The van der Waals surface area contributed by atoms with Crippen molar-refractivity contribution in [2.75, 3.05) is 18.9 Å². The number of nitrogens with one attached hydrogen (secondary N) is 3. The van der Waals surface area contributed by atoms with E-state index in [0.29, 0.717) is 17.8 Å². The largest absolute Gasteiger partial charge is 0.347 e. The number of rotatable bonds is 7. The van der Waals surface area contributed by atoms with Gasteiger partial charge in [-0.3, -0.25) is 9.59 Å². The summed E-state index contributed by atoms with van der Waals surface area (Å²) in [6.45, 7) is 6.47. The van der Waals surface area contributed by atoms with Crippen molar-refractivity contribution in [3.05, 3.63) is 65.7 Å². The lowest BCUT2D eigenvalue weighted by Gasteiger charge is -2.20. The quantitative estimate of drug-likeness (QED) is 0.654. The molecule has 2 aromatic rings. The standard InChI is InChI=1S/C23H30N4O3/c1-23(2,3)26-21(29)18-10-12-19(13-11-18)25-20(28)14-15-24-22(30)27(4)16-17-8-6-5-7-9-17/h5-13H,14-16H2,1-4H3,(H,24,30)(H,25,28)(H,26,29). The van der Waals surface area contributed by atoms with Crippen LogP contribution < -0.4 is 16.0 Å². The molecular weight excluding hydrogens is 380 g/mol. The normalized spacial score (nSPS) is 10.8. The smallest absolute Gasteiger partial charge is 0.317 e. The Labute approximate surface area is 177 Å². The number of hydrogen-bond donors (Lipinski definition) is 3. The van der Waals surface area contributed by atoms with Crippen LogP contribution >= 0.6 is 0 Å². The topological polar surface area (TPSA) is 90.5 Å². The molecule has 0 atom stereocenters. The molecule has 2 aromatic carbocycles. The van der Waals surface area contributed by atoms with Crippen molar-refractivity contribution in [2.45, 2.75) is 39.3 Å². The van der Waals surface area contributed by atoms with Crippen molar-refractivity contribution in [1.29, 1.82) is 0 Å². The van der Waals surface area contributed by atoms with Gasteiger partial charge in [0.05, 0.1) is 0 Å². The number of urea groups is 1. The van der Waals surface area contributed by atoms with E-state index in [4.69, 9.17) is 0 Å². The summed E-state index contributed by atoms with van der Waals surface area (Å²) in [7, 11) is 1.71. The van der Waals surface area contributed by atoms with Crippen LogP contribution in [0.5, 0.6) is 0 Å². The van der Waals surface area contributed by atoms with E-state index in [1.54, 1.807) is 36.2 Å². The summed E-state index contributed by atoms with van der Waals surface area (Å²) in [6, 6.07) is 16.1. The van der Waals surface area contributed by atoms with E-state index >= 15 is 0 Å². The van der Waals surface area contributed by atoms with Gasteiger partial charge in [-0.25, -0.2) is 4.79 Å². The lowest BCUT2D eigenvalue weighted by Crippen LogP contribution is -2.40. The van der Waals surface area contributed by atoms with Crippen LogP contribution in [0.25, 0.3) is 0 Å². The van der Waals surface area contributed by atoms with Crippen LogP contribution in [0.4, 0.5) is 10.5 Å². The number of anilines is 1.